The summed E-state index contributed by atoms with van der Waals surface area (Å²) in [5.41, 5.74) is 10.2. The maximum atomic E-state index is 5.73. The van der Waals surface area contributed by atoms with Crippen LogP contribution < -0.4 is 5.73 Å². The van der Waals surface area contributed by atoms with E-state index in [1.165, 1.54) is 0 Å². The first-order valence-corrected chi connectivity index (χ1v) is 7.45. The maximum absolute atomic E-state index is 5.73. The SMILES string of the molecule is CCc1cc(CSc2nc3ccc(N)cc3o2)n(C)n1. The van der Waals surface area contributed by atoms with Gasteiger partial charge in [-0.25, -0.2) is 4.98 Å². The molecule has 104 valence electrons. The second-order valence-corrected chi connectivity index (χ2v) is 5.53. The highest BCUT2D eigenvalue weighted by Gasteiger charge is 2.09. The number of rotatable bonds is 4. The molecule has 0 spiro atoms. The number of nitrogens with zero attached hydrogens (tertiary/aromatic N) is 3. The van der Waals surface area contributed by atoms with Crippen LogP contribution in [-0.2, 0) is 19.2 Å². The van der Waals surface area contributed by atoms with E-state index in [1.807, 2.05) is 23.9 Å². The fourth-order valence-corrected chi connectivity index (χ4v) is 2.85. The van der Waals surface area contributed by atoms with Crippen molar-refractivity contribution in [1.29, 1.82) is 0 Å². The van der Waals surface area contributed by atoms with Gasteiger partial charge in [0.2, 0.25) is 0 Å². The summed E-state index contributed by atoms with van der Waals surface area (Å²) < 4.78 is 7.59. The van der Waals surface area contributed by atoms with Crippen LogP contribution in [0.2, 0.25) is 0 Å². The van der Waals surface area contributed by atoms with Gasteiger partial charge in [-0.15, -0.1) is 0 Å². The van der Waals surface area contributed by atoms with Gasteiger partial charge in [0.25, 0.3) is 5.22 Å². The summed E-state index contributed by atoms with van der Waals surface area (Å²) in [6, 6.07) is 7.62. The number of thioether (sulfide) groups is 1. The molecule has 0 aliphatic heterocycles. The van der Waals surface area contributed by atoms with Crippen LogP contribution in [0.4, 0.5) is 5.69 Å². The molecule has 0 atom stereocenters. The zero-order chi connectivity index (χ0) is 14.1. The third-order valence-corrected chi connectivity index (χ3v) is 3.99. The Hall–Kier alpha value is -1.95. The zero-order valence-electron chi connectivity index (χ0n) is 11.5. The molecule has 1 aromatic carbocycles. The van der Waals surface area contributed by atoms with Gasteiger partial charge < -0.3 is 10.2 Å². The van der Waals surface area contributed by atoms with E-state index in [0.717, 1.165) is 34.7 Å². The number of anilines is 1. The Kier molecular flexibility index (Phi) is 3.40. The fourth-order valence-electron chi connectivity index (χ4n) is 2.00. The molecule has 3 rings (SSSR count). The lowest BCUT2D eigenvalue weighted by Gasteiger charge is -1.97. The van der Waals surface area contributed by atoms with Crippen molar-refractivity contribution in [1.82, 2.24) is 14.8 Å². The van der Waals surface area contributed by atoms with Crippen molar-refractivity contribution in [2.24, 2.45) is 7.05 Å². The summed E-state index contributed by atoms with van der Waals surface area (Å²) in [6.45, 7) is 2.10. The summed E-state index contributed by atoms with van der Waals surface area (Å²) in [5, 5.41) is 5.09. The average Bonchev–Trinajstić information content (AvgIpc) is 2.99. The van der Waals surface area contributed by atoms with E-state index in [0.29, 0.717) is 10.9 Å². The van der Waals surface area contributed by atoms with Crippen molar-refractivity contribution in [3.8, 4) is 0 Å². The van der Waals surface area contributed by atoms with E-state index < -0.39 is 0 Å². The number of nitrogens with two attached hydrogens (primary N) is 1. The maximum Gasteiger partial charge on any atom is 0.257 e. The summed E-state index contributed by atoms with van der Waals surface area (Å²) in [5.74, 6) is 0.784. The molecule has 0 saturated heterocycles. The van der Waals surface area contributed by atoms with Gasteiger partial charge in [-0.3, -0.25) is 4.68 Å². The van der Waals surface area contributed by atoms with Crippen LogP contribution in [0.1, 0.15) is 18.3 Å². The molecule has 0 bridgehead atoms. The molecule has 0 fully saturated rings. The molecule has 0 unspecified atom stereocenters. The van der Waals surface area contributed by atoms with E-state index >= 15 is 0 Å². The number of aryl methyl sites for hydroxylation is 2. The lowest BCUT2D eigenvalue weighted by Crippen LogP contribution is -1.96. The van der Waals surface area contributed by atoms with Crippen LogP contribution in [0.5, 0.6) is 0 Å². The number of hydrogen-bond donors (Lipinski definition) is 1. The monoisotopic (exact) mass is 288 g/mol. The summed E-state index contributed by atoms with van der Waals surface area (Å²) in [4.78, 5) is 4.44. The smallest absolute Gasteiger partial charge is 0.257 e. The largest absolute Gasteiger partial charge is 0.431 e. The lowest BCUT2D eigenvalue weighted by atomic mass is 10.3. The average molecular weight is 288 g/mol. The fraction of sp³-hybridized carbons (Fsp3) is 0.286. The minimum absolute atomic E-state index is 0.657. The molecule has 20 heavy (non-hydrogen) atoms. The van der Waals surface area contributed by atoms with Crippen molar-refractivity contribution in [2.75, 3.05) is 5.73 Å². The van der Waals surface area contributed by atoms with Crippen LogP contribution in [0.3, 0.4) is 0 Å². The number of hydrogen-bond acceptors (Lipinski definition) is 5. The number of nitrogen functional groups attached to an aromatic ring is 1. The minimum Gasteiger partial charge on any atom is -0.431 e. The third-order valence-electron chi connectivity index (χ3n) is 3.13. The molecule has 0 radical (unpaired) electrons. The Bertz CT molecular complexity index is 747. The van der Waals surface area contributed by atoms with Crippen molar-refractivity contribution in [3.05, 3.63) is 35.7 Å². The molecule has 5 nitrogen and oxygen atoms in total. The van der Waals surface area contributed by atoms with Crippen LogP contribution in [0.15, 0.2) is 33.9 Å². The quantitative estimate of drug-likeness (QED) is 0.590. The molecule has 6 heteroatoms. The van der Waals surface area contributed by atoms with Gasteiger partial charge in [-0.2, -0.15) is 5.10 Å². The van der Waals surface area contributed by atoms with Crippen LogP contribution in [0, 0.1) is 0 Å². The van der Waals surface area contributed by atoms with Gasteiger partial charge in [-0.05, 0) is 24.6 Å². The van der Waals surface area contributed by atoms with Crippen LogP contribution >= 0.6 is 11.8 Å². The number of aromatic nitrogens is 3. The van der Waals surface area contributed by atoms with Crippen LogP contribution in [-0.4, -0.2) is 14.8 Å². The van der Waals surface area contributed by atoms with E-state index in [4.69, 9.17) is 10.2 Å². The highest BCUT2D eigenvalue weighted by Crippen LogP contribution is 2.27. The topological polar surface area (TPSA) is 69.9 Å². The first-order valence-electron chi connectivity index (χ1n) is 6.46. The molecular weight excluding hydrogens is 272 g/mol. The van der Waals surface area contributed by atoms with E-state index in [1.54, 1.807) is 17.8 Å². The molecular formula is C14H16N4OS. The van der Waals surface area contributed by atoms with E-state index in [2.05, 4.69) is 23.1 Å². The van der Waals surface area contributed by atoms with Crippen molar-refractivity contribution < 1.29 is 4.42 Å². The van der Waals surface area contributed by atoms with Crippen molar-refractivity contribution in [3.63, 3.8) is 0 Å². The predicted molar refractivity (Wildman–Crippen MR) is 80.6 cm³/mol. The van der Waals surface area contributed by atoms with Gasteiger partial charge in [0, 0.05) is 30.2 Å². The van der Waals surface area contributed by atoms with Crippen molar-refractivity contribution in [2.45, 2.75) is 24.3 Å². The van der Waals surface area contributed by atoms with Gasteiger partial charge in [0.15, 0.2) is 5.58 Å². The number of fused-ring (bicyclic) bond motifs is 1. The molecule has 0 saturated carbocycles. The Morgan fingerprint density at radius 3 is 2.95 bits per heavy atom. The van der Waals surface area contributed by atoms with Crippen LogP contribution in [0.25, 0.3) is 11.1 Å². The third kappa shape index (κ3) is 2.51. The molecule has 0 amide bonds. The zero-order valence-corrected chi connectivity index (χ0v) is 12.3. The molecule has 0 aliphatic rings. The van der Waals surface area contributed by atoms with Gasteiger partial charge in [0.05, 0.1) is 5.69 Å². The first kappa shape index (κ1) is 13.1. The van der Waals surface area contributed by atoms with Crippen molar-refractivity contribution >= 4 is 28.5 Å². The predicted octanol–water partition coefficient (Wildman–Crippen LogP) is 3.00. The Balaban J connectivity index is 1.77. The number of oxazole rings is 1. The highest BCUT2D eigenvalue weighted by molar-refractivity contribution is 7.98. The first-order chi connectivity index (χ1) is 9.65. The Morgan fingerprint density at radius 2 is 2.20 bits per heavy atom. The van der Waals surface area contributed by atoms with E-state index in [9.17, 15) is 0 Å². The minimum atomic E-state index is 0.657. The summed E-state index contributed by atoms with van der Waals surface area (Å²) >= 11 is 1.56. The van der Waals surface area contributed by atoms with E-state index in [-0.39, 0.29) is 0 Å². The molecule has 0 aliphatic carbocycles. The summed E-state index contributed by atoms with van der Waals surface area (Å²) in [7, 11) is 1.96. The van der Waals surface area contributed by atoms with Gasteiger partial charge >= 0.3 is 0 Å². The Morgan fingerprint density at radius 1 is 1.35 bits per heavy atom. The normalized spacial score (nSPS) is 11.3. The molecule has 2 aromatic heterocycles. The molecule has 3 aromatic rings. The standard InChI is InChI=1S/C14H16N4OS/c1-3-10-7-11(18(2)17-10)8-20-14-16-12-5-4-9(15)6-13(12)19-14/h4-7H,3,8,15H2,1-2H3. The summed E-state index contributed by atoms with van der Waals surface area (Å²) in [6.07, 6.45) is 0.945. The molecule has 2 heterocycles. The second-order valence-electron chi connectivity index (χ2n) is 4.60. The van der Waals surface area contributed by atoms with Gasteiger partial charge in [0.1, 0.15) is 5.52 Å². The highest BCUT2D eigenvalue weighted by atomic mass is 32.2. The number of benzene rings is 1. The Labute approximate surface area is 121 Å². The van der Waals surface area contributed by atoms with Gasteiger partial charge in [-0.1, -0.05) is 18.7 Å². The second kappa shape index (κ2) is 5.20. The lowest BCUT2D eigenvalue weighted by molar-refractivity contribution is 0.489. The molecule has 2 N–H and O–H groups in total.